The zero-order valence-electron chi connectivity index (χ0n) is 16.3. The first-order valence-corrected chi connectivity index (χ1v) is 9.18. The fourth-order valence-corrected chi connectivity index (χ4v) is 3.36. The number of methoxy groups -OCH3 is 2. The summed E-state index contributed by atoms with van der Waals surface area (Å²) < 4.78 is 10.5. The van der Waals surface area contributed by atoms with E-state index >= 15 is 0 Å². The van der Waals surface area contributed by atoms with Crippen LogP contribution in [0.3, 0.4) is 0 Å². The molecule has 2 aromatic rings. The Hall–Kier alpha value is -3.28. The van der Waals surface area contributed by atoms with E-state index in [0.717, 1.165) is 16.8 Å². The van der Waals surface area contributed by atoms with Crippen molar-refractivity contribution in [2.24, 2.45) is 0 Å². The van der Waals surface area contributed by atoms with E-state index in [9.17, 15) is 9.59 Å². The number of rotatable bonds is 6. The van der Waals surface area contributed by atoms with Crippen LogP contribution in [-0.4, -0.2) is 38.6 Å². The van der Waals surface area contributed by atoms with Crippen molar-refractivity contribution in [3.8, 4) is 11.5 Å². The number of carbonyl (C=O) groups excluding carboxylic acids is 2. The molecule has 0 aliphatic carbocycles. The maximum Gasteiger partial charge on any atom is 0.251 e. The van der Waals surface area contributed by atoms with Crippen LogP contribution in [0.2, 0.25) is 0 Å². The SMILES string of the molecule is CCNC(=O)C1Cc2ccccc2N1C(=O)/C=C/c1ccc(OC)c(OC)c1. The van der Waals surface area contributed by atoms with Gasteiger partial charge in [0.05, 0.1) is 14.2 Å². The molecule has 0 saturated carbocycles. The van der Waals surface area contributed by atoms with Gasteiger partial charge >= 0.3 is 0 Å². The van der Waals surface area contributed by atoms with Crippen molar-refractivity contribution in [1.29, 1.82) is 0 Å². The van der Waals surface area contributed by atoms with Gasteiger partial charge in [0, 0.05) is 24.7 Å². The van der Waals surface area contributed by atoms with E-state index in [-0.39, 0.29) is 11.8 Å². The van der Waals surface area contributed by atoms with Crippen LogP contribution < -0.4 is 19.7 Å². The number of likely N-dealkylation sites (N-methyl/N-ethyl adjacent to an activating group) is 1. The van der Waals surface area contributed by atoms with Gasteiger partial charge in [0.15, 0.2) is 11.5 Å². The molecule has 0 fully saturated rings. The summed E-state index contributed by atoms with van der Waals surface area (Å²) >= 11 is 0. The van der Waals surface area contributed by atoms with E-state index in [1.54, 1.807) is 37.3 Å². The highest BCUT2D eigenvalue weighted by Gasteiger charge is 2.37. The van der Waals surface area contributed by atoms with Crippen molar-refractivity contribution >= 4 is 23.6 Å². The Bertz CT molecular complexity index is 907. The zero-order valence-corrected chi connectivity index (χ0v) is 16.3. The van der Waals surface area contributed by atoms with Gasteiger partial charge < -0.3 is 14.8 Å². The molecule has 0 saturated heterocycles. The Kier molecular flexibility index (Phi) is 5.99. The number of nitrogens with one attached hydrogen (secondary N) is 1. The van der Waals surface area contributed by atoms with E-state index in [2.05, 4.69) is 5.32 Å². The molecule has 146 valence electrons. The quantitative estimate of drug-likeness (QED) is 0.783. The lowest BCUT2D eigenvalue weighted by Gasteiger charge is -2.23. The van der Waals surface area contributed by atoms with Gasteiger partial charge in [0.25, 0.3) is 5.91 Å². The lowest BCUT2D eigenvalue weighted by Crippen LogP contribution is -2.47. The molecule has 2 aromatic carbocycles. The number of para-hydroxylation sites is 1. The van der Waals surface area contributed by atoms with Gasteiger partial charge in [0.2, 0.25) is 5.91 Å². The minimum Gasteiger partial charge on any atom is -0.493 e. The summed E-state index contributed by atoms with van der Waals surface area (Å²) in [6.45, 7) is 2.39. The number of amides is 2. The summed E-state index contributed by atoms with van der Waals surface area (Å²) in [7, 11) is 3.14. The maximum absolute atomic E-state index is 13.0. The predicted octanol–water partition coefficient (Wildman–Crippen LogP) is 2.81. The van der Waals surface area contributed by atoms with Gasteiger partial charge in [-0.25, -0.2) is 0 Å². The van der Waals surface area contributed by atoms with Crippen molar-refractivity contribution in [2.75, 3.05) is 25.7 Å². The van der Waals surface area contributed by atoms with Gasteiger partial charge in [-0.05, 0) is 42.3 Å². The average molecular weight is 380 g/mol. The first-order valence-electron chi connectivity index (χ1n) is 9.18. The Morgan fingerprint density at radius 3 is 2.61 bits per heavy atom. The van der Waals surface area contributed by atoms with Crippen molar-refractivity contribution in [2.45, 2.75) is 19.4 Å². The van der Waals surface area contributed by atoms with Crippen molar-refractivity contribution < 1.29 is 19.1 Å². The van der Waals surface area contributed by atoms with Crippen molar-refractivity contribution in [3.63, 3.8) is 0 Å². The van der Waals surface area contributed by atoms with E-state index < -0.39 is 6.04 Å². The minimum absolute atomic E-state index is 0.147. The number of carbonyl (C=O) groups is 2. The van der Waals surface area contributed by atoms with Crippen LogP contribution >= 0.6 is 0 Å². The van der Waals surface area contributed by atoms with E-state index in [1.165, 1.54) is 6.08 Å². The first kappa shape index (κ1) is 19.5. The second-order valence-corrected chi connectivity index (χ2v) is 6.40. The van der Waals surface area contributed by atoms with Crippen LogP contribution in [0.5, 0.6) is 11.5 Å². The van der Waals surface area contributed by atoms with Gasteiger partial charge in [-0.1, -0.05) is 24.3 Å². The summed E-state index contributed by atoms with van der Waals surface area (Å²) in [5, 5.41) is 2.82. The largest absolute Gasteiger partial charge is 0.493 e. The number of fused-ring (bicyclic) bond motifs is 1. The lowest BCUT2D eigenvalue weighted by atomic mass is 10.1. The smallest absolute Gasteiger partial charge is 0.251 e. The highest BCUT2D eigenvalue weighted by molar-refractivity contribution is 6.09. The van der Waals surface area contributed by atoms with E-state index in [4.69, 9.17) is 9.47 Å². The molecule has 1 aliphatic heterocycles. The summed E-state index contributed by atoms with van der Waals surface area (Å²) in [5.74, 6) is 0.821. The molecule has 0 spiro atoms. The Labute approximate surface area is 164 Å². The second-order valence-electron chi connectivity index (χ2n) is 6.40. The molecule has 2 amide bonds. The van der Waals surface area contributed by atoms with Gasteiger partial charge in [-0.3, -0.25) is 14.5 Å². The molecular formula is C22H24N2O4. The third-order valence-corrected chi connectivity index (χ3v) is 4.69. The second kappa shape index (κ2) is 8.61. The standard InChI is InChI=1S/C22H24N2O4/c1-4-23-22(26)18-14-16-7-5-6-8-17(16)24(18)21(25)12-10-15-9-11-19(27-2)20(13-15)28-3/h5-13,18H,4,14H2,1-3H3,(H,23,26)/b12-10+. The Morgan fingerprint density at radius 1 is 1.14 bits per heavy atom. The fourth-order valence-electron chi connectivity index (χ4n) is 3.36. The van der Waals surface area contributed by atoms with Crippen LogP contribution in [0.1, 0.15) is 18.1 Å². The number of hydrogen-bond acceptors (Lipinski definition) is 4. The zero-order chi connectivity index (χ0) is 20.1. The van der Waals surface area contributed by atoms with Gasteiger partial charge in [-0.2, -0.15) is 0 Å². The summed E-state index contributed by atoms with van der Waals surface area (Å²) in [6, 6.07) is 12.5. The Morgan fingerprint density at radius 2 is 1.89 bits per heavy atom. The topological polar surface area (TPSA) is 67.9 Å². The van der Waals surface area contributed by atoms with Crippen molar-refractivity contribution in [1.82, 2.24) is 5.32 Å². The molecular weight excluding hydrogens is 356 g/mol. The highest BCUT2D eigenvalue weighted by Crippen LogP contribution is 2.33. The first-order chi connectivity index (χ1) is 13.6. The predicted molar refractivity (Wildman–Crippen MR) is 109 cm³/mol. The number of hydrogen-bond donors (Lipinski definition) is 1. The molecule has 1 heterocycles. The lowest BCUT2D eigenvalue weighted by molar-refractivity contribution is -0.124. The van der Waals surface area contributed by atoms with Crippen LogP contribution in [0.15, 0.2) is 48.5 Å². The number of benzene rings is 2. The number of nitrogens with zero attached hydrogens (tertiary/aromatic N) is 1. The monoisotopic (exact) mass is 380 g/mol. The molecule has 1 aliphatic rings. The minimum atomic E-state index is -0.542. The average Bonchev–Trinajstić information content (AvgIpc) is 3.11. The summed E-state index contributed by atoms with van der Waals surface area (Å²) in [6.07, 6.45) is 3.70. The molecule has 28 heavy (non-hydrogen) atoms. The molecule has 0 bridgehead atoms. The van der Waals surface area contributed by atoms with E-state index in [0.29, 0.717) is 24.5 Å². The van der Waals surface area contributed by atoms with Crippen LogP contribution in [0.25, 0.3) is 6.08 Å². The highest BCUT2D eigenvalue weighted by atomic mass is 16.5. The summed E-state index contributed by atoms with van der Waals surface area (Å²) in [4.78, 5) is 27.0. The third kappa shape index (κ3) is 3.86. The summed E-state index contributed by atoms with van der Waals surface area (Å²) in [5.41, 5.74) is 2.57. The number of ether oxygens (including phenoxy) is 2. The third-order valence-electron chi connectivity index (χ3n) is 4.69. The van der Waals surface area contributed by atoms with Crippen LogP contribution in [0, 0.1) is 0 Å². The number of anilines is 1. The molecule has 6 heteroatoms. The van der Waals surface area contributed by atoms with Gasteiger partial charge in [0.1, 0.15) is 6.04 Å². The van der Waals surface area contributed by atoms with Crippen LogP contribution in [0.4, 0.5) is 5.69 Å². The molecule has 3 rings (SSSR count). The van der Waals surface area contributed by atoms with E-state index in [1.807, 2.05) is 37.3 Å². The Balaban J connectivity index is 1.86. The molecule has 0 aromatic heterocycles. The molecule has 0 radical (unpaired) electrons. The van der Waals surface area contributed by atoms with Crippen molar-refractivity contribution in [3.05, 3.63) is 59.7 Å². The van der Waals surface area contributed by atoms with Crippen LogP contribution in [-0.2, 0) is 16.0 Å². The molecule has 1 N–H and O–H groups in total. The molecule has 1 unspecified atom stereocenters. The normalized spacial score (nSPS) is 15.4. The fraction of sp³-hybridized carbons (Fsp3) is 0.273. The molecule has 6 nitrogen and oxygen atoms in total. The molecule has 1 atom stereocenters. The maximum atomic E-state index is 13.0. The van der Waals surface area contributed by atoms with Gasteiger partial charge in [-0.15, -0.1) is 0 Å².